The number of hydroxylamine groups is 1. The standard InChI is InChI=1S/C25H32N2O6S/c1-25(2,14-5-4-9-22(29)27-31)23(18-7-6-8-20(17-18)32-16-15-28)33-24(30)26-19-10-12-21(34-3)13-11-19/h4,6-13,17,23,28,31H,5,14-16H2,1-3H3,(H,26,30)(H,27,29)/b9-4+/t23-/m1/s1. The van der Waals surface area contributed by atoms with Gasteiger partial charge in [0.25, 0.3) is 5.91 Å². The van der Waals surface area contributed by atoms with Crippen molar-refractivity contribution in [3.05, 3.63) is 66.2 Å². The molecule has 0 unspecified atom stereocenters. The van der Waals surface area contributed by atoms with Crippen molar-refractivity contribution in [1.82, 2.24) is 5.48 Å². The number of ether oxygens (including phenoxy) is 2. The largest absolute Gasteiger partial charge is 0.491 e. The van der Waals surface area contributed by atoms with E-state index in [1.165, 1.54) is 6.08 Å². The van der Waals surface area contributed by atoms with E-state index in [0.29, 0.717) is 24.3 Å². The second kappa shape index (κ2) is 13.6. The van der Waals surface area contributed by atoms with Crippen LogP contribution in [0.25, 0.3) is 0 Å². The number of hydrogen-bond donors (Lipinski definition) is 4. The van der Waals surface area contributed by atoms with Gasteiger partial charge in [0.1, 0.15) is 18.5 Å². The third-order valence-electron chi connectivity index (χ3n) is 5.13. The summed E-state index contributed by atoms with van der Waals surface area (Å²) in [6.07, 6.45) is 4.78. The summed E-state index contributed by atoms with van der Waals surface area (Å²) in [5, 5.41) is 20.4. The fourth-order valence-corrected chi connectivity index (χ4v) is 3.76. The van der Waals surface area contributed by atoms with Crippen molar-refractivity contribution in [1.29, 1.82) is 0 Å². The van der Waals surface area contributed by atoms with Crippen molar-refractivity contribution in [2.75, 3.05) is 24.8 Å². The number of anilines is 1. The number of amides is 2. The highest BCUT2D eigenvalue weighted by Gasteiger charge is 2.34. The lowest BCUT2D eigenvalue weighted by Crippen LogP contribution is -2.29. The van der Waals surface area contributed by atoms with Crippen molar-refractivity contribution in [2.24, 2.45) is 5.41 Å². The minimum atomic E-state index is -0.629. The van der Waals surface area contributed by atoms with Gasteiger partial charge in [-0.3, -0.25) is 15.3 Å². The van der Waals surface area contributed by atoms with Gasteiger partial charge in [-0.25, -0.2) is 10.3 Å². The Morgan fingerprint density at radius 2 is 1.91 bits per heavy atom. The van der Waals surface area contributed by atoms with E-state index in [-0.39, 0.29) is 13.2 Å². The lowest BCUT2D eigenvalue weighted by atomic mass is 9.78. The molecule has 0 aromatic heterocycles. The topological polar surface area (TPSA) is 117 Å². The first kappa shape index (κ1) is 27.2. The Morgan fingerprint density at radius 1 is 1.18 bits per heavy atom. The number of rotatable bonds is 12. The molecule has 0 bridgehead atoms. The van der Waals surface area contributed by atoms with E-state index in [1.54, 1.807) is 41.5 Å². The summed E-state index contributed by atoms with van der Waals surface area (Å²) >= 11 is 1.61. The van der Waals surface area contributed by atoms with Gasteiger partial charge in [-0.05, 0) is 61.1 Å². The van der Waals surface area contributed by atoms with Crippen LogP contribution in [0.4, 0.5) is 10.5 Å². The molecule has 0 aliphatic carbocycles. The van der Waals surface area contributed by atoms with Gasteiger partial charge in [0.15, 0.2) is 0 Å². The summed E-state index contributed by atoms with van der Waals surface area (Å²) in [6.45, 7) is 3.99. The van der Waals surface area contributed by atoms with Crippen LogP contribution in [0.15, 0.2) is 65.6 Å². The van der Waals surface area contributed by atoms with Crippen LogP contribution in [0.3, 0.4) is 0 Å². The molecule has 0 saturated heterocycles. The van der Waals surface area contributed by atoms with E-state index in [4.69, 9.17) is 19.8 Å². The molecule has 184 valence electrons. The fraction of sp³-hybridized carbons (Fsp3) is 0.360. The summed E-state index contributed by atoms with van der Waals surface area (Å²) in [7, 11) is 0. The number of benzene rings is 2. The first-order valence-electron chi connectivity index (χ1n) is 10.8. The Hall–Kier alpha value is -3.01. The maximum Gasteiger partial charge on any atom is 0.412 e. The third-order valence-corrected chi connectivity index (χ3v) is 5.87. The summed E-state index contributed by atoms with van der Waals surface area (Å²) in [5.74, 6) is -0.0465. The average molecular weight is 489 g/mol. The van der Waals surface area contributed by atoms with Gasteiger partial charge < -0.3 is 14.6 Å². The molecule has 4 N–H and O–H groups in total. The van der Waals surface area contributed by atoms with Gasteiger partial charge in [0, 0.05) is 22.1 Å². The van der Waals surface area contributed by atoms with E-state index < -0.39 is 23.5 Å². The normalized spacial score (nSPS) is 12.3. The SMILES string of the molecule is CSc1ccc(NC(=O)O[C@H](c2cccc(OCCO)c2)C(C)(C)CC/C=C/C(=O)NO)cc1. The first-order chi connectivity index (χ1) is 16.3. The highest BCUT2D eigenvalue weighted by molar-refractivity contribution is 7.98. The maximum absolute atomic E-state index is 12.8. The Kier molecular flexibility index (Phi) is 10.9. The summed E-state index contributed by atoms with van der Waals surface area (Å²) in [5.41, 5.74) is 2.40. The molecular weight excluding hydrogens is 456 g/mol. The summed E-state index contributed by atoms with van der Waals surface area (Å²) in [6, 6.07) is 14.7. The fourth-order valence-electron chi connectivity index (χ4n) is 3.35. The zero-order valence-corrected chi connectivity index (χ0v) is 20.4. The van der Waals surface area contributed by atoms with Crippen molar-refractivity contribution in [2.45, 2.75) is 37.7 Å². The van der Waals surface area contributed by atoms with E-state index in [9.17, 15) is 9.59 Å². The molecule has 0 heterocycles. The maximum atomic E-state index is 12.8. The van der Waals surface area contributed by atoms with E-state index in [1.807, 2.05) is 50.4 Å². The first-order valence-corrected chi connectivity index (χ1v) is 12.1. The Labute approximate surface area is 204 Å². The van der Waals surface area contributed by atoms with Gasteiger partial charge >= 0.3 is 6.09 Å². The quantitative estimate of drug-likeness (QED) is 0.145. The van der Waals surface area contributed by atoms with Crippen LogP contribution in [-0.2, 0) is 9.53 Å². The molecule has 0 spiro atoms. The number of aliphatic hydroxyl groups is 1. The zero-order chi connectivity index (χ0) is 25.0. The molecule has 2 amide bonds. The molecule has 2 aromatic carbocycles. The molecule has 2 rings (SSSR count). The number of aliphatic hydroxyl groups excluding tert-OH is 1. The predicted molar refractivity (Wildman–Crippen MR) is 132 cm³/mol. The van der Waals surface area contributed by atoms with Crippen LogP contribution >= 0.6 is 11.8 Å². The van der Waals surface area contributed by atoms with Gasteiger partial charge in [-0.1, -0.05) is 32.1 Å². The number of hydrogen-bond acceptors (Lipinski definition) is 7. The van der Waals surface area contributed by atoms with Crippen LogP contribution in [0, 0.1) is 5.41 Å². The third kappa shape index (κ3) is 8.74. The molecule has 0 aliphatic rings. The molecule has 34 heavy (non-hydrogen) atoms. The number of allylic oxidation sites excluding steroid dienone is 1. The monoisotopic (exact) mass is 488 g/mol. The highest BCUT2D eigenvalue weighted by atomic mass is 32.2. The van der Waals surface area contributed by atoms with Crippen molar-refractivity contribution in [3.8, 4) is 5.75 Å². The molecule has 0 radical (unpaired) electrons. The number of thioether (sulfide) groups is 1. The Morgan fingerprint density at radius 3 is 2.56 bits per heavy atom. The Bertz CT molecular complexity index is 962. The van der Waals surface area contributed by atoms with E-state index in [2.05, 4.69) is 5.32 Å². The van der Waals surface area contributed by atoms with Gasteiger partial charge in [-0.15, -0.1) is 11.8 Å². The van der Waals surface area contributed by atoms with Crippen molar-refractivity contribution >= 4 is 29.4 Å². The predicted octanol–water partition coefficient (Wildman–Crippen LogP) is 4.94. The van der Waals surface area contributed by atoms with E-state index in [0.717, 1.165) is 10.5 Å². The lowest BCUT2D eigenvalue weighted by molar-refractivity contribution is -0.124. The van der Waals surface area contributed by atoms with E-state index >= 15 is 0 Å². The van der Waals surface area contributed by atoms with Gasteiger partial charge in [0.2, 0.25) is 0 Å². The molecule has 9 heteroatoms. The highest BCUT2D eigenvalue weighted by Crippen LogP contribution is 2.41. The molecular formula is C25H32N2O6S. The smallest absolute Gasteiger partial charge is 0.412 e. The summed E-state index contributed by atoms with van der Waals surface area (Å²) < 4.78 is 11.4. The van der Waals surface area contributed by atoms with Crippen LogP contribution in [-0.4, -0.2) is 41.8 Å². The number of carbonyl (C=O) groups is 2. The summed E-state index contributed by atoms with van der Waals surface area (Å²) in [4.78, 5) is 25.1. The van der Waals surface area contributed by atoms with Crippen molar-refractivity contribution in [3.63, 3.8) is 0 Å². The molecule has 0 aliphatic heterocycles. The van der Waals surface area contributed by atoms with Gasteiger partial charge in [0.05, 0.1) is 6.61 Å². The lowest BCUT2D eigenvalue weighted by Gasteiger charge is -2.34. The second-order valence-electron chi connectivity index (χ2n) is 8.19. The average Bonchev–Trinajstić information content (AvgIpc) is 2.84. The van der Waals surface area contributed by atoms with Crippen LogP contribution < -0.4 is 15.5 Å². The van der Waals surface area contributed by atoms with Crippen LogP contribution in [0.2, 0.25) is 0 Å². The minimum absolute atomic E-state index is 0.110. The van der Waals surface area contributed by atoms with Crippen molar-refractivity contribution < 1.29 is 29.4 Å². The minimum Gasteiger partial charge on any atom is -0.491 e. The van der Waals surface area contributed by atoms with Crippen LogP contribution in [0.5, 0.6) is 5.75 Å². The van der Waals surface area contributed by atoms with Crippen LogP contribution in [0.1, 0.15) is 38.4 Å². The zero-order valence-electron chi connectivity index (χ0n) is 19.6. The number of carbonyl (C=O) groups excluding carboxylic acids is 2. The Balaban J connectivity index is 2.22. The molecule has 0 fully saturated rings. The molecule has 2 aromatic rings. The van der Waals surface area contributed by atoms with Gasteiger partial charge in [-0.2, -0.15) is 0 Å². The second-order valence-corrected chi connectivity index (χ2v) is 9.07. The molecule has 8 nitrogen and oxygen atoms in total. The molecule has 0 saturated carbocycles. The molecule has 1 atom stereocenters. The number of nitrogens with one attached hydrogen (secondary N) is 2.